The summed E-state index contributed by atoms with van der Waals surface area (Å²) >= 11 is 0. The van der Waals surface area contributed by atoms with Crippen molar-refractivity contribution in [3.8, 4) is 0 Å². The Balaban J connectivity index is 0.00000133. The maximum Gasteiger partial charge on any atom is 0.251 e. The van der Waals surface area contributed by atoms with Crippen LogP contribution >= 0.6 is 12.4 Å². The average Bonchev–Trinajstić information content (AvgIpc) is 2.91. The molecule has 3 nitrogen and oxygen atoms in total. The lowest BCUT2D eigenvalue weighted by Crippen LogP contribution is -2.33. The van der Waals surface area contributed by atoms with E-state index in [0.717, 1.165) is 43.5 Å². The zero-order valence-electron chi connectivity index (χ0n) is 11.1. The van der Waals surface area contributed by atoms with E-state index < -0.39 is 0 Å². The van der Waals surface area contributed by atoms with Crippen LogP contribution in [0, 0.1) is 0 Å². The highest BCUT2D eigenvalue weighted by atomic mass is 35.5. The van der Waals surface area contributed by atoms with Gasteiger partial charge in [-0.1, -0.05) is 18.9 Å². The zero-order chi connectivity index (χ0) is 12.4. The first-order valence-corrected chi connectivity index (χ1v) is 7.01. The van der Waals surface area contributed by atoms with Crippen LogP contribution in [-0.2, 0) is 6.42 Å². The molecule has 1 heterocycles. The minimum atomic E-state index is 0. The van der Waals surface area contributed by atoms with Crippen LogP contribution in [0.4, 0.5) is 5.69 Å². The van der Waals surface area contributed by atoms with E-state index in [1.54, 1.807) is 0 Å². The number of fused-ring (bicyclic) bond motifs is 1. The molecule has 2 aliphatic rings. The van der Waals surface area contributed by atoms with E-state index in [0.29, 0.717) is 6.04 Å². The van der Waals surface area contributed by atoms with Crippen LogP contribution < -0.4 is 10.6 Å². The number of nitrogens with one attached hydrogen (secondary N) is 2. The maximum absolute atomic E-state index is 12.3. The van der Waals surface area contributed by atoms with Crippen molar-refractivity contribution >= 4 is 24.0 Å². The van der Waals surface area contributed by atoms with Gasteiger partial charge in [-0.25, -0.2) is 0 Å². The fourth-order valence-corrected chi connectivity index (χ4v) is 3.06. The Morgan fingerprint density at radius 2 is 2.00 bits per heavy atom. The van der Waals surface area contributed by atoms with Crippen LogP contribution in [-0.4, -0.2) is 18.5 Å². The number of amides is 1. The highest BCUT2D eigenvalue weighted by Crippen LogP contribution is 2.26. The lowest BCUT2D eigenvalue weighted by atomic mass is 9.97. The summed E-state index contributed by atoms with van der Waals surface area (Å²) in [7, 11) is 0. The minimum Gasteiger partial charge on any atom is -0.385 e. The molecule has 1 amide bonds. The van der Waals surface area contributed by atoms with Gasteiger partial charge in [0.1, 0.15) is 0 Å². The topological polar surface area (TPSA) is 41.1 Å². The highest BCUT2D eigenvalue weighted by molar-refractivity contribution is 5.97. The number of hydrogen-bond acceptors (Lipinski definition) is 2. The number of halogens is 1. The molecule has 1 aliphatic carbocycles. The molecule has 3 rings (SSSR count). The molecule has 4 heteroatoms. The summed E-state index contributed by atoms with van der Waals surface area (Å²) < 4.78 is 0. The summed E-state index contributed by atoms with van der Waals surface area (Å²) in [6, 6.07) is 6.39. The summed E-state index contributed by atoms with van der Waals surface area (Å²) in [5.74, 6) is 0.113. The van der Waals surface area contributed by atoms with Gasteiger partial charge < -0.3 is 10.6 Å². The first kappa shape index (κ1) is 14.2. The van der Waals surface area contributed by atoms with E-state index in [4.69, 9.17) is 0 Å². The molecular weight excluding hydrogens is 260 g/mol. The van der Waals surface area contributed by atoms with Crippen molar-refractivity contribution in [2.75, 3.05) is 11.9 Å². The van der Waals surface area contributed by atoms with Crippen molar-refractivity contribution < 1.29 is 4.79 Å². The molecule has 19 heavy (non-hydrogen) atoms. The Kier molecular flexibility index (Phi) is 4.70. The van der Waals surface area contributed by atoms with Gasteiger partial charge in [0, 0.05) is 23.8 Å². The van der Waals surface area contributed by atoms with Gasteiger partial charge in [-0.2, -0.15) is 0 Å². The Morgan fingerprint density at radius 3 is 2.79 bits per heavy atom. The lowest BCUT2D eigenvalue weighted by Gasteiger charge is -2.21. The predicted molar refractivity (Wildman–Crippen MR) is 80.2 cm³/mol. The first-order chi connectivity index (χ1) is 8.84. The zero-order valence-corrected chi connectivity index (χ0v) is 11.9. The molecule has 1 fully saturated rings. The van der Waals surface area contributed by atoms with E-state index in [9.17, 15) is 4.79 Å². The van der Waals surface area contributed by atoms with Gasteiger partial charge in [0.2, 0.25) is 0 Å². The molecule has 1 aromatic carbocycles. The molecule has 1 aromatic rings. The van der Waals surface area contributed by atoms with Gasteiger partial charge in [-0.05, 0) is 43.4 Å². The third kappa shape index (κ3) is 3.03. The van der Waals surface area contributed by atoms with Gasteiger partial charge in [0.15, 0.2) is 0 Å². The largest absolute Gasteiger partial charge is 0.385 e. The van der Waals surface area contributed by atoms with Crippen molar-refractivity contribution in [1.29, 1.82) is 0 Å². The quantitative estimate of drug-likeness (QED) is 0.874. The van der Waals surface area contributed by atoms with E-state index in [1.165, 1.54) is 18.4 Å². The van der Waals surface area contributed by atoms with Crippen molar-refractivity contribution in [2.45, 2.75) is 44.6 Å². The molecule has 0 aromatic heterocycles. The fourth-order valence-electron chi connectivity index (χ4n) is 3.06. The van der Waals surface area contributed by atoms with Gasteiger partial charge in [0.25, 0.3) is 5.91 Å². The van der Waals surface area contributed by atoms with Crippen molar-refractivity contribution in [1.82, 2.24) is 5.32 Å². The van der Waals surface area contributed by atoms with E-state index >= 15 is 0 Å². The summed E-state index contributed by atoms with van der Waals surface area (Å²) in [5, 5.41) is 6.55. The van der Waals surface area contributed by atoms with Gasteiger partial charge in [-0.3, -0.25) is 4.79 Å². The van der Waals surface area contributed by atoms with Gasteiger partial charge in [0.05, 0.1) is 0 Å². The van der Waals surface area contributed by atoms with Crippen LogP contribution in [0.25, 0.3) is 0 Å². The Labute approximate surface area is 120 Å². The fraction of sp³-hybridized carbons (Fsp3) is 0.533. The molecule has 0 bridgehead atoms. The van der Waals surface area contributed by atoms with E-state index in [-0.39, 0.29) is 18.3 Å². The highest BCUT2D eigenvalue weighted by Gasteiger charge is 2.21. The monoisotopic (exact) mass is 280 g/mol. The van der Waals surface area contributed by atoms with Crippen LogP contribution in [0.5, 0.6) is 0 Å². The lowest BCUT2D eigenvalue weighted by molar-refractivity contribution is 0.0937. The second kappa shape index (κ2) is 6.29. The number of benzene rings is 1. The predicted octanol–water partition coefficient (Wildman–Crippen LogP) is 3.14. The first-order valence-electron chi connectivity index (χ1n) is 7.01. The van der Waals surface area contributed by atoms with Crippen molar-refractivity contribution in [3.63, 3.8) is 0 Å². The molecule has 0 spiro atoms. The SMILES string of the molecule is Cl.O=C(NC1CCCC1)c1cccc2c1CCCN2. The third-order valence-electron chi connectivity index (χ3n) is 4.03. The maximum atomic E-state index is 12.3. The standard InChI is InChI=1S/C15H20N2O.ClH/c18-15(17-11-5-1-2-6-11)13-7-3-9-14-12(13)8-4-10-16-14;/h3,7,9,11,16H,1-2,4-6,8,10H2,(H,17,18);1H. The number of carbonyl (C=O) groups excluding carboxylic acids is 1. The molecule has 1 aliphatic heterocycles. The summed E-state index contributed by atoms with van der Waals surface area (Å²) in [6.45, 7) is 1.01. The Hall–Kier alpha value is -1.22. The summed E-state index contributed by atoms with van der Waals surface area (Å²) in [5.41, 5.74) is 3.20. The van der Waals surface area contributed by atoms with Crippen LogP contribution in [0.3, 0.4) is 0 Å². The van der Waals surface area contributed by atoms with E-state index in [2.05, 4.69) is 16.7 Å². The molecule has 0 atom stereocenters. The Morgan fingerprint density at radius 1 is 1.21 bits per heavy atom. The van der Waals surface area contributed by atoms with Crippen LogP contribution in [0.1, 0.15) is 48.0 Å². The molecule has 0 saturated heterocycles. The smallest absolute Gasteiger partial charge is 0.251 e. The number of carbonyl (C=O) groups is 1. The third-order valence-corrected chi connectivity index (χ3v) is 4.03. The van der Waals surface area contributed by atoms with Crippen molar-refractivity contribution in [2.24, 2.45) is 0 Å². The minimum absolute atomic E-state index is 0. The Bertz CT molecular complexity index is 455. The second-order valence-electron chi connectivity index (χ2n) is 5.32. The average molecular weight is 281 g/mol. The van der Waals surface area contributed by atoms with Crippen molar-refractivity contribution in [3.05, 3.63) is 29.3 Å². The molecule has 2 N–H and O–H groups in total. The van der Waals surface area contributed by atoms with E-state index in [1.807, 2.05) is 12.1 Å². The molecule has 0 radical (unpaired) electrons. The summed E-state index contributed by atoms with van der Waals surface area (Å²) in [4.78, 5) is 12.3. The molecule has 0 unspecified atom stereocenters. The van der Waals surface area contributed by atoms with Crippen LogP contribution in [0.15, 0.2) is 18.2 Å². The molecule has 1 saturated carbocycles. The van der Waals surface area contributed by atoms with Gasteiger partial charge >= 0.3 is 0 Å². The molecule has 104 valence electrons. The van der Waals surface area contributed by atoms with Crippen LogP contribution in [0.2, 0.25) is 0 Å². The second-order valence-corrected chi connectivity index (χ2v) is 5.32. The number of rotatable bonds is 2. The number of hydrogen-bond donors (Lipinski definition) is 2. The number of anilines is 1. The normalized spacial score (nSPS) is 18.1. The van der Waals surface area contributed by atoms with Gasteiger partial charge in [-0.15, -0.1) is 12.4 Å². The molecular formula is C15H21ClN2O. The summed E-state index contributed by atoms with van der Waals surface area (Å²) in [6.07, 6.45) is 6.90.